The molecule has 0 aromatic heterocycles. The summed E-state index contributed by atoms with van der Waals surface area (Å²) >= 11 is 0. The van der Waals surface area contributed by atoms with E-state index in [1.54, 1.807) is 4.90 Å². The van der Waals surface area contributed by atoms with Crippen molar-refractivity contribution in [1.82, 2.24) is 0 Å². The third-order valence-electron chi connectivity index (χ3n) is 3.89. The fourth-order valence-electron chi connectivity index (χ4n) is 2.80. The molecule has 23 heavy (non-hydrogen) atoms. The Balaban J connectivity index is 1.77. The molecule has 0 fully saturated rings. The van der Waals surface area contributed by atoms with E-state index < -0.39 is 11.7 Å². The number of hydrogen-bond donors (Lipinski definition) is 1. The van der Waals surface area contributed by atoms with Crippen molar-refractivity contribution in [2.75, 3.05) is 10.2 Å². The van der Waals surface area contributed by atoms with Gasteiger partial charge in [-0.25, -0.2) is 4.79 Å². The molecule has 0 radical (unpaired) electrons. The summed E-state index contributed by atoms with van der Waals surface area (Å²) in [5, 5.41) is 2.65. The van der Waals surface area contributed by atoms with Crippen molar-refractivity contribution in [2.45, 2.75) is 25.6 Å². The molecule has 3 nitrogen and oxygen atoms in total. The van der Waals surface area contributed by atoms with Gasteiger partial charge in [0.2, 0.25) is 0 Å². The number of halogens is 3. The van der Waals surface area contributed by atoms with Gasteiger partial charge in [0.05, 0.1) is 5.56 Å². The van der Waals surface area contributed by atoms with Crippen molar-refractivity contribution in [3.8, 4) is 0 Å². The van der Waals surface area contributed by atoms with Crippen molar-refractivity contribution < 1.29 is 18.0 Å². The lowest BCUT2D eigenvalue weighted by Gasteiger charge is -2.23. The highest BCUT2D eigenvalue weighted by Gasteiger charge is 2.32. The highest BCUT2D eigenvalue weighted by molar-refractivity contribution is 6.03. The number of benzene rings is 2. The van der Waals surface area contributed by atoms with E-state index in [4.69, 9.17) is 0 Å². The van der Waals surface area contributed by atoms with Crippen LogP contribution in [0.1, 0.15) is 18.1 Å². The minimum atomic E-state index is -4.38. The molecule has 0 spiro atoms. The number of anilines is 2. The summed E-state index contributed by atoms with van der Waals surface area (Å²) in [6, 6.07) is 11.7. The SMILES string of the molecule is CC1Cc2ccccc2N1C(=O)Nc1ccc(C(F)(F)F)cc1. The number of fused-ring (bicyclic) bond motifs is 1. The van der Waals surface area contributed by atoms with Gasteiger partial charge in [-0.1, -0.05) is 18.2 Å². The first kappa shape index (κ1) is 15.4. The lowest BCUT2D eigenvalue weighted by molar-refractivity contribution is -0.137. The Labute approximate surface area is 131 Å². The second kappa shape index (κ2) is 5.61. The Morgan fingerprint density at radius 2 is 1.78 bits per heavy atom. The maximum atomic E-state index is 12.5. The molecule has 1 N–H and O–H groups in total. The summed E-state index contributed by atoms with van der Waals surface area (Å²) in [5.41, 5.74) is 1.52. The van der Waals surface area contributed by atoms with Gasteiger partial charge in [0, 0.05) is 17.4 Å². The van der Waals surface area contributed by atoms with Crippen LogP contribution in [0.2, 0.25) is 0 Å². The third kappa shape index (κ3) is 3.02. The first-order valence-corrected chi connectivity index (χ1v) is 7.21. The Morgan fingerprint density at radius 1 is 1.13 bits per heavy atom. The summed E-state index contributed by atoms with van der Waals surface area (Å²) in [6.07, 6.45) is -3.62. The monoisotopic (exact) mass is 320 g/mol. The number of nitrogens with one attached hydrogen (secondary N) is 1. The molecular formula is C17H15F3N2O. The van der Waals surface area contributed by atoms with Crippen LogP contribution in [-0.4, -0.2) is 12.1 Å². The molecule has 0 bridgehead atoms. The predicted octanol–water partition coefficient (Wildman–Crippen LogP) is 4.69. The number of alkyl halides is 3. The number of amides is 2. The van der Waals surface area contributed by atoms with E-state index in [1.807, 2.05) is 31.2 Å². The van der Waals surface area contributed by atoms with Crippen molar-refractivity contribution in [2.24, 2.45) is 0 Å². The molecular weight excluding hydrogens is 305 g/mol. The zero-order valence-electron chi connectivity index (χ0n) is 12.4. The second-order valence-electron chi connectivity index (χ2n) is 5.56. The van der Waals surface area contributed by atoms with Crippen molar-refractivity contribution >= 4 is 17.4 Å². The van der Waals surface area contributed by atoms with Crippen LogP contribution in [0.5, 0.6) is 0 Å². The zero-order chi connectivity index (χ0) is 16.6. The Hall–Kier alpha value is -2.50. The Morgan fingerprint density at radius 3 is 2.43 bits per heavy atom. The molecule has 1 aliphatic rings. The molecule has 120 valence electrons. The van der Waals surface area contributed by atoms with Crippen molar-refractivity contribution in [1.29, 1.82) is 0 Å². The summed E-state index contributed by atoms with van der Waals surface area (Å²) in [7, 11) is 0. The van der Waals surface area contributed by atoms with E-state index in [2.05, 4.69) is 5.32 Å². The first-order valence-electron chi connectivity index (χ1n) is 7.21. The smallest absolute Gasteiger partial charge is 0.308 e. The van der Waals surface area contributed by atoms with Crippen molar-refractivity contribution in [3.63, 3.8) is 0 Å². The normalized spacial score (nSPS) is 17.0. The Bertz CT molecular complexity index is 725. The van der Waals surface area contributed by atoms with Crippen LogP contribution in [-0.2, 0) is 12.6 Å². The van der Waals surface area contributed by atoms with Gasteiger partial charge in [0.15, 0.2) is 0 Å². The molecule has 0 saturated heterocycles. The Kier molecular flexibility index (Phi) is 3.75. The van der Waals surface area contributed by atoms with E-state index >= 15 is 0 Å². The molecule has 1 unspecified atom stereocenters. The molecule has 6 heteroatoms. The largest absolute Gasteiger partial charge is 0.416 e. The summed E-state index contributed by atoms with van der Waals surface area (Å²) in [4.78, 5) is 14.1. The van der Waals surface area contributed by atoms with Crippen LogP contribution in [0.4, 0.5) is 29.3 Å². The topological polar surface area (TPSA) is 32.3 Å². The number of hydrogen-bond acceptors (Lipinski definition) is 1. The minimum absolute atomic E-state index is 0.00171. The van der Waals surface area contributed by atoms with Crippen LogP contribution in [0.25, 0.3) is 0 Å². The summed E-state index contributed by atoms with van der Waals surface area (Å²) in [6.45, 7) is 1.94. The van der Waals surface area contributed by atoms with Gasteiger partial charge in [-0.3, -0.25) is 4.90 Å². The summed E-state index contributed by atoms with van der Waals surface area (Å²) in [5.74, 6) is 0. The van der Waals surface area contributed by atoms with Gasteiger partial charge in [-0.15, -0.1) is 0 Å². The molecule has 2 amide bonds. The zero-order valence-corrected chi connectivity index (χ0v) is 12.4. The molecule has 1 aliphatic heterocycles. The van der Waals surface area contributed by atoms with Gasteiger partial charge in [0.25, 0.3) is 0 Å². The molecule has 0 saturated carbocycles. The summed E-state index contributed by atoms with van der Waals surface area (Å²) < 4.78 is 37.6. The number of urea groups is 1. The van der Waals surface area contributed by atoms with Crippen LogP contribution in [0.15, 0.2) is 48.5 Å². The standard InChI is InChI=1S/C17H15F3N2O/c1-11-10-12-4-2-3-5-15(12)22(11)16(23)21-14-8-6-13(7-9-14)17(18,19)20/h2-9,11H,10H2,1H3,(H,21,23). The van der Waals surface area contributed by atoms with Gasteiger partial charge in [-0.2, -0.15) is 13.2 Å². The molecule has 3 rings (SSSR count). The molecule has 2 aromatic rings. The van der Waals surface area contributed by atoms with Crippen LogP contribution < -0.4 is 10.2 Å². The van der Waals surface area contributed by atoms with E-state index in [9.17, 15) is 18.0 Å². The van der Waals surface area contributed by atoms with E-state index in [1.165, 1.54) is 12.1 Å². The fraction of sp³-hybridized carbons (Fsp3) is 0.235. The average Bonchev–Trinajstić information content (AvgIpc) is 2.82. The highest BCUT2D eigenvalue weighted by Crippen LogP contribution is 2.33. The minimum Gasteiger partial charge on any atom is -0.308 e. The highest BCUT2D eigenvalue weighted by atomic mass is 19.4. The maximum Gasteiger partial charge on any atom is 0.416 e. The fourth-order valence-corrected chi connectivity index (χ4v) is 2.80. The number of para-hydroxylation sites is 1. The van der Waals surface area contributed by atoms with Crippen molar-refractivity contribution in [3.05, 3.63) is 59.7 Å². The number of carbonyl (C=O) groups excluding carboxylic acids is 1. The van der Waals surface area contributed by atoms with Gasteiger partial charge >= 0.3 is 12.2 Å². The van der Waals surface area contributed by atoms with Crippen LogP contribution in [0, 0.1) is 0 Å². The van der Waals surface area contributed by atoms with E-state index in [0.717, 1.165) is 29.8 Å². The molecule has 2 aromatic carbocycles. The number of rotatable bonds is 1. The van der Waals surface area contributed by atoms with Crippen LogP contribution in [0.3, 0.4) is 0 Å². The van der Waals surface area contributed by atoms with Gasteiger partial charge in [-0.05, 0) is 49.2 Å². The average molecular weight is 320 g/mol. The predicted molar refractivity (Wildman–Crippen MR) is 82.5 cm³/mol. The third-order valence-corrected chi connectivity index (χ3v) is 3.89. The van der Waals surface area contributed by atoms with Gasteiger partial charge in [0.1, 0.15) is 0 Å². The quantitative estimate of drug-likeness (QED) is 0.812. The number of carbonyl (C=O) groups is 1. The maximum absolute atomic E-state index is 12.5. The number of nitrogens with zero attached hydrogens (tertiary/aromatic N) is 1. The van der Waals surface area contributed by atoms with E-state index in [-0.39, 0.29) is 12.1 Å². The second-order valence-corrected chi connectivity index (χ2v) is 5.56. The van der Waals surface area contributed by atoms with Crippen LogP contribution >= 0.6 is 0 Å². The van der Waals surface area contributed by atoms with E-state index in [0.29, 0.717) is 5.69 Å². The lowest BCUT2D eigenvalue weighted by atomic mass is 10.1. The molecule has 0 aliphatic carbocycles. The van der Waals surface area contributed by atoms with Gasteiger partial charge < -0.3 is 5.32 Å². The lowest BCUT2D eigenvalue weighted by Crippen LogP contribution is -2.39. The molecule has 1 heterocycles. The first-order chi connectivity index (χ1) is 10.9. The molecule has 1 atom stereocenters.